The normalized spacial score (nSPS) is 22.3. The smallest absolute Gasteiger partial charge is 0.409 e. The highest BCUT2D eigenvalue weighted by atomic mass is 79.9. The minimum atomic E-state index is -1.19. The number of carbonyl (C=O) groups excluding carboxylic acids is 1. The van der Waals surface area contributed by atoms with E-state index in [0.717, 1.165) is 35.0 Å². The third-order valence-corrected chi connectivity index (χ3v) is 7.36. The van der Waals surface area contributed by atoms with Crippen LogP contribution >= 0.6 is 15.9 Å². The maximum atomic E-state index is 12.8. The number of benzene rings is 1. The molecule has 1 unspecified atom stereocenters. The Morgan fingerprint density at radius 3 is 2.68 bits per heavy atom. The average molecular weight is 473 g/mol. The summed E-state index contributed by atoms with van der Waals surface area (Å²) in [6.45, 7) is 9.28. The lowest BCUT2D eigenvalue weighted by atomic mass is 9.81. The zero-order valence-electron chi connectivity index (χ0n) is 16.9. The molecule has 0 aromatic heterocycles. The van der Waals surface area contributed by atoms with Crippen molar-refractivity contribution >= 4 is 33.0 Å². The molecule has 3 rings (SSSR count). The van der Waals surface area contributed by atoms with Crippen LogP contribution in [0.4, 0.5) is 4.79 Å². The molecule has 1 amide bonds. The zero-order chi connectivity index (χ0) is 20.5. The number of halogens is 1. The summed E-state index contributed by atoms with van der Waals surface area (Å²) in [5.41, 5.74) is 0.647. The summed E-state index contributed by atoms with van der Waals surface area (Å²) >= 11 is 3.53. The van der Waals surface area contributed by atoms with Gasteiger partial charge in [-0.25, -0.2) is 13.7 Å². The molecule has 0 saturated carbocycles. The van der Waals surface area contributed by atoms with Gasteiger partial charge in [0.25, 0.3) is 0 Å². The Bertz CT molecular complexity index is 757. The second kappa shape index (κ2) is 8.32. The summed E-state index contributed by atoms with van der Waals surface area (Å²) in [4.78, 5) is 13.8. The van der Waals surface area contributed by atoms with Crippen molar-refractivity contribution in [2.75, 3.05) is 19.7 Å². The number of likely N-dealkylation sites (tertiary alicyclic amines) is 1. The molecule has 0 aliphatic carbocycles. The maximum absolute atomic E-state index is 12.8. The van der Waals surface area contributed by atoms with Crippen molar-refractivity contribution in [2.45, 2.75) is 63.3 Å². The second-order valence-corrected chi connectivity index (χ2v) is 11.3. The van der Waals surface area contributed by atoms with Crippen LogP contribution < -0.4 is 9.46 Å². The zero-order valence-corrected chi connectivity index (χ0v) is 19.3. The van der Waals surface area contributed by atoms with Gasteiger partial charge in [0, 0.05) is 42.4 Å². The van der Waals surface area contributed by atoms with Crippen molar-refractivity contribution in [3.05, 3.63) is 28.2 Å². The van der Waals surface area contributed by atoms with Gasteiger partial charge in [0.2, 0.25) is 0 Å². The third kappa shape index (κ3) is 4.71. The summed E-state index contributed by atoms with van der Waals surface area (Å²) in [5, 5.41) is 0. The molecule has 0 bridgehead atoms. The van der Waals surface area contributed by atoms with Crippen LogP contribution in [0.5, 0.6) is 5.75 Å². The molecule has 1 fully saturated rings. The van der Waals surface area contributed by atoms with E-state index in [9.17, 15) is 9.00 Å². The molecule has 2 aliphatic heterocycles. The van der Waals surface area contributed by atoms with Gasteiger partial charge in [-0.2, -0.15) is 0 Å². The van der Waals surface area contributed by atoms with E-state index in [1.807, 2.05) is 45.9 Å². The van der Waals surface area contributed by atoms with Crippen LogP contribution in [0, 0.1) is 0 Å². The molecule has 1 aromatic rings. The minimum absolute atomic E-state index is 0.0737. The van der Waals surface area contributed by atoms with Gasteiger partial charge in [-0.1, -0.05) is 15.9 Å². The molecule has 0 radical (unpaired) electrons. The number of rotatable bonds is 3. The fourth-order valence-electron chi connectivity index (χ4n) is 3.67. The SMILES string of the molecule is CCOC(=O)N1CCC2(CC1)C[C@H](NS(=O)C(C)(C)C)c1cc(Br)ccc1O2. The molecule has 1 aromatic carbocycles. The van der Waals surface area contributed by atoms with Crippen LogP contribution in [-0.4, -0.2) is 45.2 Å². The predicted molar refractivity (Wildman–Crippen MR) is 114 cm³/mol. The van der Waals surface area contributed by atoms with Gasteiger partial charge in [-0.3, -0.25) is 0 Å². The van der Waals surface area contributed by atoms with E-state index in [2.05, 4.69) is 20.7 Å². The molecule has 1 saturated heterocycles. The summed E-state index contributed by atoms with van der Waals surface area (Å²) in [6, 6.07) is 5.89. The van der Waals surface area contributed by atoms with E-state index < -0.39 is 11.0 Å². The van der Waals surface area contributed by atoms with Gasteiger partial charge in [0.1, 0.15) is 11.4 Å². The molecule has 156 valence electrons. The van der Waals surface area contributed by atoms with Crippen LogP contribution in [0.2, 0.25) is 0 Å². The Kier molecular flexibility index (Phi) is 6.41. The molecule has 6 nitrogen and oxygen atoms in total. The standard InChI is InChI=1S/C20H29BrN2O4S/c1-5-26-18(24)23-10-8-20(9-11-23)13-16(22-28(25)19(2,3)4)15-12-14(21)6-7-17(15)27-20/h6-7,12,16,22H,5,8-11,13H2,1-4H3/t16-,28?/m0/s1. The first-order chi connectivity index (χ1) is 13.1. The lowest BCUT2D eigenvalue weighted by Crippen LogP contribution is -2.53. The minimum Gasteiger partial charge on any atom is -0.487 e. The fraction of sp³-hybridized carbons (Fsp3) is 0.650. The Balaban J connectivity index is 1.81. The van der Waals surface area contributed by atoms with E-state index in [4.69, 9.17) is 9.47 Å². The Morgan fingerprint density at radius 2 is 2.07 bits per heavy atom. The lowest BCUT2D eigenvalue weighted by Gasteiger charge is -2.47. The summed E-state index contributed by atoms with van der Waals surface area (Å²) in [7, 11) is -1.19. The number of hydrogen-bond donors (Lipinski definition) is 1. The number of piperidine rings is 1. The van der Waals surface area contributed by atoms with E-state index in [-0.39, 0.29) is 22.5 Å². The Labute approximate surface area is 178 Å². The molecule has 28 heavy (non-hydrogen) atoms. The van der Waals surface area contributed by atoms with Crippen LogP contribution in [0.15, 0.2) is 22.7 Å². The molecule has 1 spiro atoms. The first-order valence-electron chi connectivity index (χ1n) is 9.72. The lowest BCUT2D eigenvalue weighted by molar-refractivity contribution is -0.0219. The monoisotopic (exact) mass is 472 g/mol. The van der Waals surface area contributed by atoms with Gasteiger partial charge in [-0.05, 0) is 45.9 Å². The summed E-state index contributed by atoms with van der Waals surface area (Å²) < 4.78 is 28.3. The molecular weight excluding hydrogens is 444 g/mol. The van der Waals surface area contributed by atoms with Gasteiger partial charge in [0.05, 0.1) is 28.4 Å². The number of nitrogens with zero attached hydrogens (tertiary/aromatic N) is 1. The molecule has 8 heteroatoms. The highest BCUT2D eigenvalue weighted by Gasteiger charge is 2.45. The highest BCUT2D eigenvalue weighted by molar-refractivity contribution is 9.10. The Hall–Kier alpha value is -1.12. The predicted octanol–water partition coefficient (Wildman–Crippen LogP) is 4.32. The van der Waals surface area contributed by atoms with Crippen LogP contribution in [0.3, 0.4) is 0 Å². The maximum Gasteiger partial charge on any atom is 0.409 e. The number of carbonyl (C=O) groups is 1. The number of fused-ring (bicyclic) bond motifs is 1. The number of hydrogen-bond acceptors (Lipinski definition) is 4. The van der Waals surface area contributed by atoms with E-state index in [0.29, 0.717) is 19.7 Å². The molecular formula is C20H29BrN2O4S. The summed E-state index contributed by atoms with van der Waals surface area (Å²) in [5.74, 6) is 0.822. The number of amides is 1. The highest BCUT2D eigenvalue weighted by Crippen LogP contribution is 2.45. The fourth-order valence-corrected chi connectivity index (χ4v) is 4.87. The van der Waals surface area contributed by atoms with Crippen molar-refractivity contribution in [2.24, 2.45) is 0 Å². The molecule has 1 N–H and O–H groups in total. The number of ether oxygens (including phenoxy) is 2. The van der Waals surface area contributed by atoms with E-state index in [1.165, 1.54) is 0 Å². The van der Waals surface area contributed by atoms with Crippen molar-refractivity contribution in [3.63, 3.8) is 0 Å². The van der Waals surface area contributed by atoms with Gasteiger partial charge >= 0.3 is 6.09 Å². The van der Waals surface area contributed by atoms with E-state index in [1.54, 1.807) is 4.90 Å². The van der Waals surface area contributed by atoms with E-state index >= 15 is 0 Å². The number of nitrogens with one attached hydrogen (secondary N) is 1. The average Bonchev–Trinajstić information content (AvgIpc) is 2.62. The van der Waals surface area contributed by atoms with Gasteiger partial charge in [-0.15, -0.1) is 0 Å². The van der Waals surface area contributed by atoms with Gasteiger partial charge in [0.15, 0.2) is 0 Å². The Morgan fingerprint density at radius 1 is 1.39 bits per heavy atom. The van der Waals surface area contributed by atoms with Crippen LogP contribution in [0.25, 0.3) is 0 Å². The topological polar surface area (TPSA) is 67.9 Å². The first-order valence-corrected chi connectivity index (χ1v) is 11.7. The van der Waals surface area contributed by atoms with Crippen molar-refractivity contribution in [1.29, 1.82) is 0 Å². The largest absolute Gasteiger partial charge is 0.487 e. The summed E-state index contributed by atoms with van der Waals surface area (Å²) in [6.07, 6.45) is 1.90. The quantitative estimate of drug-likeness (QED) is 0.711. The molecule has 2 aliphatic rings. The van der Waals surface area contributed by atoms with Crippen molar-refractivity contribution < 1.29 is 18.5 Å². The van der Waals surface area contributed by atoms with Crippen LogP contribution in [-0.2, 0) is 15.7 Å². The van der Waals surface area contributed by atoms with Crippen LogP contribution in [0.1, 0.15) is 58.6 Å². The van der Waals surface area contributed by atoms with Crippen molar-refractivity contribution in [3.8, 4) is 5.75 Å². The van der Waals surface area contributed by atoms with Gasteiger partial charge < -0.3 is 14.4 Å². The third-order valence-electron chi connectivity index (χ3n) is 5.26. The molecule has 2 atom stereocenters. The van der Waals surface area contributed by atoms with Crippen molar-refractivity contribution in [1.82, 2.24) is 9.62 Å². The second-order valence-electron chi connectivity index (χ2n) is 8.41. The molecule has 2 heterocycles. The first kappa shape index (κ1) is 21.6.